The molecular weight excluding hydrogens is 545 g/mol. The summed E-state index contributed by atoms with van der Waals surface area (Å²) >= 11 is 12.9. The summed E-state index contributed by atoms with van der Waals surface area (Å²) in [5, 5.41) is 13.2. The van der Waals surface area contributed by atoms with Crippen LogP contribution in [-0.4, -0.2) is 50.7 Å². The van der Waals surface area contributed by atoms with E-state index in [9.17, 15) is 19.5 Å². The highest BCUT2D eigenvalue weighted by Crippen LogP contribution is 2.36. The van der Waals surface area contributed by atoms with Crippen molar-refractivity contribution >= 4 is 57.5 Å². The van der Waals surface area contributed by atoms with Gasteiger partial charge in [-0.25, -0.2) is 14.8 Å². The van der Waals surface area contributed by atoms with Crippen LogP contribution in [0.4, 0.5) is 11.5 Å². The lowest BCUT2D eigenvalue weighted by Crippen LogP contribution is -2.34. The Bertz CT molecular complexity index is 1640. The van der Waals surface area contributed by atoms with Gasteiger partial charge in [-0.2, -0.15) is 0 Å². The summed E-state index contributed by atoms with van der Waals surface area (Å²) in [6, 6.07) is 9.94. The summed E-state index contributed by atoms with van der Waals surface area (Å²) in [7, 11) is 0. The van der Waals surface area contributed by atoms with Crippen molar-refractivity contribution in [2.45, 2.75) is 25.8 Å². The second-order valence-corrected chi connectivity index (χ2v) is 9.86. The fraction of sp³-hybridized carbons (Fsp3) is 0.222. The Labute approximate surface area is 232 Å². The Balaban J connectivity index is 1.57. The molecule has 1 saturated heterocycles. The Morgan fingerprint density at radius 3 is 2.69 bits per heavy atom. The Hall–Kier alpha value is -4.15. The highest BCUT2D eigenvalue weighted by Gasteiger charge is 2.28. The summed E-state index contributed by atoms with van der Waals surface area (Å²) in [6.07, 6.45) is 6.11. The normalized spacial score (nSPS) is 14.9. The summed E-state index contributed by atoms with van der Waals surface area (Å²) < 4.78 is 7.49. The van der Waals surface area contributed by atoms with E-state index in [1.54, 1.807) is 41.1 Å². The van der Waals surface area contributed by atoms with Crippen molar-refractivity contribution in [2.75, 3.05) is 23.4 Å². The number of benzene rings is 1. The molecular formula is C27H23Cl2N5O5. The zero-order chi connectivity index (χ0) is 27.7. The third kappa shape index (κ3) is 5.39. The van der Waals surface area contributed by atoms with Gasteiger partial charge in [-0.05, 0) is 49.2 Å². The number of amides is 1. The molecule has 1 aliphatic heterocycles. The molecule has 0 unspecified atom stereocenters. The minimum Gasteiger partial charge on any atom is -0.477 e. The van der Waals surface area contributed by atoms with Crippen molar-refractivity contribution in [3.05, 3.63) is 80.8 Å². The van der Waals surface area contributed by atoms with Crippen LogP contribution in [0.2, 0.25) is 10.0 Å². The molecule has 12 heteroatoms. The van der Waals surface area contributed by atoms with Gasteiger partial charge in [-0.15, -0.1) is 0 Å². The van der Waals surface area contributed by atoms with Crippen LogP contribution in [-0.2, 0) is 4.79 Å². The lowest BCUT2D eigenvalue weighted by atomic mass is 10.1. The fourth-order valence-corrected chi connectivity index (χ4v) is 5.13. The van der Waals surface area contributed by atoms with E-state index in [1.165, 1.54) is 25.4 Å². The van der Waals surface area contributed by atoms with Crippen LogP contribution in [0, 0.1) is 0 Å². The van der Waals surface area contributed by atoms with Crippen molar-refractivity contribution in [1.29, 1.82) is 0 Å². The first-order chi connectivity index (χ1) is 18.7. The van der Waals surface area contributed by atoms with E-state index in [1.807, 2.05) is 0 Å². The number of carbonyl (C=O) groups excluding carboxylic acids is 1. The van der Waals surface area contributed by atoms with E-state index in [0.717, 1.165) is 12.8 Å². The number of ether oxygens (including phenoxy) is 1. The minimum atomic E-state index is -1.36. The number of fused-ring (bicyclic) bond motifs is 1. The topological polar surface area (TPSA) is 127 Å². The largest absolute Gasteiger partial charge is 0.477 e. The summed E-state index contributed by atoms with van der Waals surface area (Å²) in [4.78, 5) is 46.9. The average Bonchev–Trinajstić information content (AvgIpc) is 3.37. The molecule has 4 heterocycles. The maximum atomic E-state index is 13.1. The number of carboxylic acid groups (broad SMARTS) is 1. The third-order valence-electron chi connectivity index (χ3n) is 6.46. The molecule has 0 spiro atoms. The van der Waals surface area contributed by atoms with Crippen LogP contribution >= 0.6 is 23.2 Å². The van der Waals surface area contributed by atoms with Gasteiger partial charge >= 0.3 is 5.97 Å². The number of aromatic nitrogens is 3. The summed E-state index contributed by atoms with van der Waals surface area (Å²) in [6.45, 7) is 2.40. The molecule has 1 amide bonds. The van der Waals surface area contributed by atoms with Crippen LogP contribution in [0.5, 0.6) is 5.88 Å². The number of halogens is 2. The monoisotopic (exact) mass is 567 g/mol. The van der Waals surface area contributed by atoms with Gasteiger partial charge in [0.25, 0.3) is 0 Å². The Morgan fingerprint density at radius 1 is 1.18 bits per heavy atom. The maximum Gasteiger partial charge on any atom is 0.341 e. The molecule has 1 aliphatic rings. The predicted molar refractivity (Wildman–Crippen MR) is 149 cm³/mol. The maximum absolute atomic E-state index is 13.1. The van der Waals surface area contributed by atoms with E-state index in [0.29, 0.717) is 51.8 Å². The highest BCUT2D eigenvalue weighted by atomic mass is 35.5. The molecule has 1 atom stereocenters. The lowest BCUT2D eigenvalue weighted by molar-refractivity contribution is -0.114. The Kier molecular flexibility index (Phi) is 7.40. The molecule has 1 fully saturated rings. The van der Waals surface area contributed by atoms with Crippen LogP contribution in [0.15, 0.2) is 59.8 Å². The quantitative estimate of drug-likeness (QED) is 0.326. The molecule has 39 heavy (non-hydrogen) atoms. The molecule has 4 aromatic rings. The van der Waals surface area contributed by atoms with Gasteiger partial charge in [0, 0.05) is 31.2 Å². The number of hydrogen-bond acceptors (Lipinski definition) is 7. The number of nitrogens with one attached hydrogen (secondary N) is 1. The second-order valence-electron chi connectivity index (χ2n) is 9.04. The molecule has 0 saturated carbocycles. The number of carbonyl (C=O) groups is 2. The SMILES string of the molecule is CC(=O)Nc1ccc(-n2cc(C(=O)O)c(=O)c3cc(Cl)c(N4CCC[C@@H]4COc4ncccc4Cl)cc32)cn1. The van der Waals surface area contributed by atoms with Gasteiger partial charge in [0.15, 0.2) is 0 Å². The molecule has 5 rings (SSSR count). The van der Waals surface area contributed by atoms with Gasteiger partial charge in [-0.1, -0.05) is 23.2 Å². The number of carboxylic acids is 1. The first kappa shape index (κ1) is 26.5. The minimum absolute atomic E-state index is 0.0323. The molecule has 3 aromatic heterocycles. The van der Waals surface area contributed by atoms with E-state index >= 15 is 0 Å². The van der Waals surface area contributed by atoms with E-state index in [4.69, 9.17) is 27.9 Å². The molecule has 200 valence electrons. The van der Waals surface area contributed by atoms with Crippen LogP contribution < -0.4 is 20.4 Å². The third-order valence-corrected chi connectivity index (χ3v) is 7.05. The molecule has 0 radical (unpaired) electrons. The fourth-order valence-electron chi connectivity index (χ4n) is 4.68. The Morgan fingerprint density at radius 2 is 2.00 bits per heavy atom. The smallest absolute Gasteiger partial charge is 0.341 e. The lowest BCUT2D eigenvalue weighted by Gasteiger charge is -2.28. The van der Waals surface area contributed by atoms with Crippen molar-refractivity contribution in [1.82, 2.24) is 14.5 Å². The molecule has 0 aliphatic carbocycles. The number of anilines is 2. The summed E-state index contributed by atoms with van der Waals surface area (Å²) in [5.74, 6) is -0.942. The van der Waals surface area contributed by atoms with Gasteiger partial charge in [0.2, 0.25) is 17.2 Å². The standard InChI is InChI=1S/C27H23Cl2N5O5/c1-15(35)32-24-7-6-16(12-31-24)34-13-19(27(37)38)25(36)18-10-21(29)23(11-22(18)34)33-9-3-4-17(33)14-39-26-20(28)5-2-8-30-26/h2,5-8,10-13,17H,3-4,9,14H2,1H3,(H,37,38)(H,31,32,35)/t17-/m1/s1. The zero-order valence-corrected chi connectivity index (χ0v) is 22.2. The first-order valence-corrected chi connectivity index (χ1v) is 12.8. The number of aromatic carboxylic acids is 1. The van der Waals surface area contributed by atoms with Crippen molar-refractivity contribution < 1.29 is 19.4 Å². The number of hydrogen-bond donors (Lipinski definition) is 2. The zero-order valence-electron chi connectivity index (χ0n) is 20.7. The summed E-state index contributed by atoms with van der Waals surface area (Å²) in [5.41, 5.74) is 0.586. The van der Waals surface area contributed by atoms with Gasteiger partial charge in [0.1, 0.15) is 23.0 Å². The van der Waals surface area contributed by atoms with Crippen molar-refractivity contribution in [3.8, 4) is 11.6 Å². The number of pyridine rings is 3. The van der Waals surface area contributed by atoms with Crippen LogP contribution in [0.3, 0.4) is 0 Å². The van der Waals surface area contributed by atoms with Crippen LogP contribution in [0.1, 0.15) is 30.1 Å². The highest BCUT2D eigenvalue weighted by molar-refractivity contribution is 6.34. The number of nitrogens with zero attached hydrogens (tertiary/aromatic N) is 4. The van der Waals surface area contributed by atoms with Gasteiger partial charge in [-0.3, -0.25) is 9.59 Å². The predicted octanol–water partition coefficient (Wildman–Crippen LogP) is 4.79. The van der Waals surface area contributed by atoms with E-state index in [2.05, 4.69) is 20.2 Å². The van der Waals surface area contributed by atoms with E-state index < -0.39 is 17.0 Å². The molecule has 2 N–H and O–H groups in total. The first-order valence-electron chi connectivity index (χ1n) is 12.1. The van der Waals surface area contributed by atoms with Gasteiger partial charge < -0.3 is 24.6 Å². The molecule has 10 nitrogen and oxygen atoms in total. The van der Waals surface area contributed by atoms with Crippen molar-refractivity contribution in [2.24, 2.45) is 0 Å². The molecule has 0 bridgehead atoms. The second kappa shape index (κ2) is 10.9. The van der Waals surface area contributed by atoms with E-state index in [-0.39, 0.29) is 17.3 Å². The molecule has 1 aromatic carbocycles. The number of rotatable bonds is 7. The van der Waals surface area contributed by atoms with Crippen LogP contribution in [0.25, 0.3) is 16.6 Å². The average molecular weight is 568 g/mol. The van der Waals surface area contributed by atoms with Gasteiger partial charge in [0.05, 0.1) is 34.2 Å². The van der Waals surface area contributed by atoms with Crippen molar-refractivity contribution in [3.63, 3.8) is 0 Å².